The van der Waals surface area contributed by atoms with E-state index in [1.54, 1.807) is 0 Å². The fourth-order valence-electron chi connectivity index (χ4n) is 1.45. The molecule has 70 valence electrons. The van der Waals surface area contributed by atoms with Crippen LogP contribution >= 0.6 is 12.6 Å². The first-order valence-electron chi connectivity index (χ1n) is 4.52. The highest BCUT2D eigenvalue weighted by molar-refractivity contribution is 7.81. The number of likely N-dealkylation sites (tertiary alicyclic amines) is 1. The monoisotopic (exact) mass is 187 g/mol. The van der Waals surface area contributed by atoms with Crippen molar-refractivity contribution < 1.29 is 4.79 Å². The van der Waals surface area contributed by atoms with Crippen LogP contribution in [0.1, 0.15) is 27.2 Å². The van der Waals surface area contributed by atoms with Gasteiger partial charge in [0.15, 0.2) is 0 Å². The van der Waals surface area contributed by atoms with Gasteiger partial charge in [0, 0.05) is 12.6 Å². The molecule has 0 bridgehead atoms. The van der Waals surface area contributed by atoms with E-state index in [1.807, 2.05) is 4.90 Å². The van der Waals surface area contributed by atoms with E-state index >= 15 is 0 Å². The number of thiol groups is 1. The first-order valence-corrected chi connectivity index (χ1v) is 5.04. The van der Waals surface area contributed by atoms with Crippen molar-refractivity contribution in [1.29, 1.82) is 0 Å². The van der Waals surface area contributed by atoms with Crippen LogP contribution in [-0.2, 0) is 4.79 Å². The Kier molecular flexibility index (Phi) is 3.04. The van der Waals surface area contributed by atoms with Gasteiger partial charge in [0.05, 0.1) is 5.25 Å². The van der Waals surface area contributed by atoms with Crippen molar-refractivity contribution >= 4 is 18.5 Å². The quantitative estimate of drug-likeness (QED) is 0.651. The van der Waals surface area contributed by atoms with Crippen LogP contribution in [0.3, 0.4) is 0 Å². The molecule has 1 fully saturated rings. The highest BCUT2D eigenvalue weighted by atomic mass is 32.1. The molecule has 0 radical (unpaired) electrons. The molecular formula is C9H17NOS. The van der Waals surface area contributed by atoms with Crippen molar-refractivity contribution in [2.45, 2.75) is 38.5 Å². The van der Waals surface area contributed by atoms with Crippen LogP contribution in [0.5, 0.6) is 0 Å². The van der Waals surface area contributed by atoms with Gasteiger partial charge < -0.3 is 4.90 Å². The molecule has 3 heteroatoms. The lowest BCUT2D eigenvalue weighted by atomic mass is 10.1. The summed E-state index contributed by atoms with van der Waals surface area (Å²) in [5.74, 6) is 0.743. The van der Waals surface area contributed by atoms with Crippen LogP contribution in [0.25, 0.3) is 0 Å². The average Bonchev–Trinajstić information content (AvgIpc) is 2.32. The van der Waals surface area contributed by atoms with Gasteiger partial charge in [-0.2, -0.15) is 12.6 Å². The fourth-order valence-corrected chi connectivity index (χ4v) is 1.71. The molecule has 1 amide bonds. The predicted octanol–water partition coefficient (Wildman–Crippen LogP) is 1.56. The minimum atomic E-state index is -0.0498. The third-order valence-corrected chi connectivity index (χ3v) is 3.15. The zero-order valence-corrected chi connectivity index (χ0v) is 8.84. The summed E-state index contributed by atoms with van der Waals surface area (Å²) in [6.45, 7) is 7.27. The molecule has 0 N–H and O–H groups in total. The van der Waals surface area contributed by atoms with Crippen molar-refractivity contribution in [3.63, 3.8) is 0 Å². The molecule has 0 aromatic heterocycles. The van der Waals surface area contributed by atoms with E-state index in [2.05, 4.69) is 33.4 Å². The van der Waals surface area contributed by atoms with Crippen LogP contribution in [0.15, 0.2) is 0 Å². The second-order valence-electron chi connectivity index (χ2n) is 3.82. The van der Waals surface area contributed by atoms with Gasteiger partial charge in [0.1, 0.15) is 0 Å². The number of hydrogen-bond acceptors (Lipinski definition) is 2. The molecule has 0 saturated carbocycles. The topological polar surface area (TPSA) is 20.3 Å². The van der Waals surface area contributed by atoms with E-state index in [-0.39, 0.29) is 11.2 Å². The summed E-state index contributed by atoms with van der Waals surface area (Å²) >= 11 is 4.22. The number of rotatable bonds is 2. The summed E-state index contributed by atoms with van der Waals surface area (Å²) in [7, 11) is 0. The highest BCUT2D eigenvalue weighted by Gasteiger charge is 2.32. The van der Waals surface area contributed by atoms with Crippen LogP contribution in [0, 0.1) is 5.92 Å². The van der Waals surface area contributed by atoms with Crippen LogP contribution in [-0.4, -0.2) is 28.6 Å². The summed E-state index contributed by atoms with van der Waals surface area (Å²) in [5, 5.41) is -0.0498. The van der Waals surface area contributed by atoms with Gasteiger partial charge in [0.25, 0.3) is 0 Å². The standard InChI is InChI=1S/C9H17NOS/c1-6(2)7(3)10-5-4-8(12)9(10)11/h6-8,12H,4-5H2,1-3H3. The van der Waals surface area contributed by atoms with Crippen LogP contribution in [0.2, 0.25) is 0 Å². The van der Waals surface area contributed by atoms with Gasteiger partial charge in [-0.15, -0.1) is 0 Å². The van der Waals surface area contributed by atoms with E-state index in [4.69, 9.17) is 0 Å². The molecule has 0 aromatic rings. The Morgan fingerprint density at radius 2 is 2.08 bits per heavy atom. The van der Waals surface area contributed by atoms with Crippen LogP contribution < -0.4 is 0 Å². The number of carbonyl (C=O) groups excluding carboxylic acids is 1. The molecular weight excluding hydrogens is 170 g/mol. The summed E-state index contributed by atoms with van der Waals surface area (Å²) in [6.07, 6.45) is 0.902. The molecule has 2 nitrogen and oxygen atoms in total. The SMILES string of the molecule is CC(C)C(C)N1CCC(S)C1=O. The van der Waals surface area contributed by atoms with Gasteiger partial charge in [-0.05, 0) is 19.3 Å². The Morgan fingerprint density at radius 3 is 2.42 bits per heavy atom. The largest absolute Gasteiger partial charge is 0.339 e. The predicted molar refractivity (Wildman–Crippen MR) is 53.4 cm³/mol. The van der Waals surface area contributed by atoms with Crippen molar-refractivity contribution in [3.05, 3.63) is 0 Å². The maximum atomic E-state index is 11.5. The van der Waals surface area contributed by atoms with Gasteiger partial charge in [-0.25, -0.2) is 0 Å². The Balaban J connectivity index is 2.59. The molecule has 1 rings (SSSR count). The second-order valence-corrected chi connectivity index (χ2v) is 4.44. The summed E-state index contributed by atoms with van der Waals surface area (Å²) in [6, 6.07) is 0.356. The molecule has 1 heterocycles. The molecule has 0 spiro atoms. The van der Waals surface area contributed by atoms with Crippen molar-refractivity contribution in [3.8, 4) is 0 Å². The first-order chi connectivity index (χ1) is 5.54. The van der Waals surface area contributed by atoms with Crippen molar-refractivity contribution in [2.24, 2.45) is 5.92 Å². The highest BCUT2D eigenvalue weighted by Crippen LogP contribution is 2.21. The zero-order chi connectivity index (χ0) is 9.30. The van der Waals surface area contributed by atoms with Gasteiger partial charge in [-0.3, -0.25) is 4.79 Å². The summed E-state index contributed by atoms with van der Waals surface area (Å²) in [5.41, 5.74) is 0. The lowest BCUT2D eigenvalue weighted by Gasteiger charge is -2.27. The number of amides is 1. The van der Waals surface area contributed by atoms with E-state index in [1.165, 1.54) is 0 Å². The third-order valence-electron chi connectivity index (χ3n) is 2.67. The number of carbonyl (C=O) groups is 1. The van der Waals surface area contributed by atoms with E-state index in [9.17, 15) is 4.79 Å². The normalized spacial score (nSPS) is 26.9. The smallest absolute Gasteiger partial charge is 0.235 e. The van der Waals surface area contributed by atoms with E-state index in [0.717, 1.165) is 13.0 Å². The molecule has 1 aliphatic heterocycles. The fraction of sp³-hybridized carbons (Fsp3) is 0.889. The van der Waals surface area contributed by atoms with Crippen molar-refractivity contribution in [2.75, 3.05) is 6.54 Å². The first kappa shape index (κ1) is 9.90. The molecule has 0 aromatic carbocycles. The molecule has 2 atom stereocenters. The second kappa shape index (κ2) is 3.69. The Morgan fingerprint density at radius 1 is 1.50 bits per heavy atom. The average molecular weight is 187 g/mol. The van der Waals surface area contributed by atoms with Crippen LogP contribution in [0.4, 0.5) is 0 Å². The summed E-state index contributed by atoms with van der Waals surface area (Å²) in [4.78, 5) is 13.4. The number of nitrogens with zero attached hydrogens (tertiary/aromatic N) is 1. The minimum absolute atomic E-state index is 0.0498. The molecule has 12 heavy (non-hydrogen) atoms. The molecule has 0 aliphatic carbocycles. The molecule has 1 saturated heterocycles. The Hall–Kier alpha value is -0.180. The van der Waals surface area contributed by atoms with E-state index in [0.29, 0.717) is 12.0 Å². The van der Waals surface area contributed by atoms with E-state index < -0.39 is 0 Å². The lowest BCUT2D eigenvalue weighted by molar-refractivity contribution is -0.129. The summed E-state index contributed by atoms with van der Waals surface area (Å²) < 4.78 is 0. The van der Waals surface area contributed by atoms with Gasteiger partial charge >= 0.3 is 0 Å². The number of hydrogen-bond donors (Lipinski definition) is 1. The zero-order valence-electron chi connectivity index (χ0n) is 7.95. The minimum Gasteiger partial charge on any atom is -0.339 e. The van der Waals surface area contributed by atoms with Gasteiger partial charge in [-0.1, -0.05) is 13.8 Å². The molecule has 1 aliphatic rings. The maximum absolute atomic E-state index is 11.5. The van der Waals surface area contributed by atoms with Gasteiger partial charge in [0.2, 0.25) is 5.91 Å². The van der Waals surface area contributed by atoms with Crippen molar-refractivity contribution in [1.82, 2.24) is 4.90 Å². The third kappa shape index (κ3) is 1.76. The Bertz CT molecular complexity index is 181. The maximum Gasteiger partial charge on any atom is 0.235 e. The Labute approximate surface area is 79.7 Å². The molecule has 2 unspecified atom stereocenters. The lowest BCUT2D eigenvalue weighted by Crippen LogP contribution is -2.38.